The number of aromatic nitrogens is 1. The van der Waals surface area contributed by atoms with Crippen LogP contribution in [0.5, 0.6) is 0 Å². The van der Waals surface area contributed by atoms with Crippen LogP contribution >= 0.6 is 11.3 Å². The third-order valence-corrected chi connectivity index (χ3v) is 4.71. The molecule has 3 aromatic rings. The molecule has 2 heterocycles. The van der Waals surface area contributed by atoms with Crippen LogP contribution in [-0.2, 0) is 0 Å². The lowest BCUT2D eigenvalue weighted by Crippen LogP contribution is -2.05. The molecule has 0 amide bonds. The summed E-state index contributed by atoms with van der Waals surface area (Å²) in [7, 11) is 0. The molecule has 0 aliphatic carbocycles. The number of aryl methyl sites for hydroxylation is 2. The van der Waals surface area contributed by atoms with Gasteiger partial charge in [0.05, 0.1) is 11.6 Å². The zero-order valence-electron chi connectivity index (χ0n) is 12.0. The summed E-state index contributed by atoms with van der Waals surface area (Å²) in [6.07, 6.45) is 1.85. The molecule has 0 spiro atoms. The minimum Gasteiger partial charge on any atom is -0.377 e. The normalized spacial score (nSPS) is 12.6. The van der Waals surface area contributed by atoms with E-state index in [0.29, 0.717) is 6.04 Å². The second-order valence-corrected chi connectivity index (χ2v) is 6.46. The van der Waals surface area contributed by atoms with Gasteiger partial charge in [0, 0.05) is 27.0 Å². The van der Waals surface area contributed by atoms with Crippen molar-refractivity contribution in [3.8, 4) is 0 Å². The van der Waals surface area contributed by atoms with Crippen molar-refractivity contribution < 1.29 is 0 Å². The average molecular weight is 282 g/mol. The van der Waals surface area contributed by atoms with Crippen LogP contribution in [0.25, 0.3) is 10.9 Å². The average Bonchev–Trinajstić information content (AvgIpc) is 2.89. The zero-order valence-corrected chi connectivity index (χ0v) is 12.8. The highest BCUT2D eigenvalue weighted by atomic mass is 32.1. The molecule has 0 radical (unpaired) electrons. The Hall–Kier alpha value is -1.87. The predicted molar refractivity (Wildman–Crippen MR) is 87.6 cm³/mol. The molecule has 1 N–H and O–H groups in total. The zero-order chi connectivity index (χ0) is 14.1. The summed E-state index contributed by atoms with van der Waals surface area (Å²) in [4.78, 5) is 7.20. The van der Waals surface area contributed by atoms with Gasteiger partial charge in [0.2, 0.25) is 0 Å². The Labute approximate surface area is 123 Å². The molecule has 0 aliphatic rings. The molecule has 1 unspecified atom stereocenters. The highest BCUT2D eigenvalue weighted by molar-refractivity contribution is 7.12. The highest BCUT2D eigenvalue weighted by Crippen LogP contribution is 2.30. The van der Waals surface area contributed by atoms with Gasteiger partial charge in [-0.1, -0.05) is 6.07 Å². The van der Waals surface area contributed by atoms with Crippen molar-refractivity contribution in [1.82, 2.24) is 4.98 Å². The first-order valence-electron chi connectivity index (χ1n) is 6.82. The number of anilines is 1. The lowest BCUT2D eigenvalue weighted by Gasteiger charge is -2.16. The summed E-state index contributed by atoms with van der Waals surface area (Å²) < 4.78 is 0. The van der Waals surface area contributed by atoms with Crippen LogP contribution in [0.1, 0.15) is 28.3 Å². The number of hydrogen-bond acceptors (Lipinski definition) is 3. The van der Waals surface area contributed by atoms with E-state index >= 15 is 0 Å². The van der Waals surface area contributed by atoms with E-state index in [1.54, 1.807) is 0 Å². The smallest absolute Gasteiger partial charge is 0.0751 e. The van der Waals surface area contributed by atoms with Crippen molar-refractivity contribution >= 4 is 27.9 Å². The third kappa shape index (κ3) is 2.41. The van der Waals surface area contributed by atoms with Gasteiger partial charge >= 0.3 is 0 Å². The number of thiophene rings is 1. The van der Waals surface area contributed by atoms with E-state index in [1.165, 1.54) is 20.7 Å². The molecule has 0 saturated heterocycles. The van der Waals surface area contributed by atoms with Gasteiger partial charge < -0.3 is 5.32 Å². The molecule has 0 saturated carbocycles. The maximum absolute atomic E-state index is 4.49. The molecule has 3 heteroatoms. The fourth-order valence-electron chi connectivity index (χ4n) is 2.43. The molecule has 20 heavy (non-hydrogen) atoms. The van der Waals surface area contributed by atoms with Gasteiger partial charge in [-0.15, -0.1) is 11.3 Å². The maximum Gasteiger partial charge on any atom is 0.0751 e. The standard InChI is InChI=1S/C17H18N2S/c1-11-6-8-15(14-5-4-10-18-17(11)14)19-13(3)16-9-7-12(2)20-16/h4-10,13,19H,1-3H3. The van der Waals surface area contributed by atoms with E-state index in [1.807, 2.05) is 23.6 Å². The molecule has 3 rings (SSSR count). The van der Waals surface area contributed by atoms with Crippen molar-refractivity contribution in [3.63, 3.8) is 0 Å². The SMILES string of the molecule is Cc1ccc(C(C)Nc2ccc(C)c3ncccc23)s1. The van der Waals surface area contributed by atoms with Crippen LogP contribution in [0.3, 0.4) is 0 Å². The van der Waals surface area contributed by atoms with Crippen molar-refractivity contribution in [2.24, 2.45) is 0 Å². The molecular formula is C17H18N2S. The summed E-state index contributed by atoms with van der Waals surface area (Å²) >= 11 is 1.85. The number of pyridine rings is 1. The van der Waals surface area contributed by atoms with Gasteiger partial charge in [0.15, 0.2) is 0 Å². The first kappa shape index (κ1) is 13.1. The van der Waals surface area contributed by atoms with Crippen molar-refractivity contribution in [2.75, 3.05) is 5.32 Å². The predicted octanol–water partition coefficient (Wildman–Crippen LogP) is 5.09. The van der Waals surface area contributed by atoms with Gasteiger partial charge in [-0.3, -0.25) is 4.98 Å². The summed E-state index contributed by atoms with van der Waals surface area (Å²) in [6.45, 7) is 6.45. The quantitative estimate of drug-likeness (QED) is 0.724. The molecule has 2 aromatic heterocycles. The van der Waals surface area contributed by atoms with Gasteiger partial charge in [-0.05, 0) is 56.7 Å². The van der Waals surface area contributed by atoms with Gasteiger partial charge in [-0.25, -0.2) is 0 Å². The number of rotatable bonds is 3. The van der Waals surface area contributed by atoms with E-state index in [9.17, 15) is 0 Å². The summed E-state index contributed by atoms with van der Waals surface area (Å²) in [5.41, 5.74) is 3.44. The highest BCUT2D eigenvalue weighted by Gasteiger charge is 2.10. The Morgan fingerprint density at radius 1 is 1.10 bits per heavy atom. The first-order chi connectivity index (χ1) is 9.65. The summed E-state index contributed by atoms with van der Waals surface area (Å²) in [6, 6.07) is 13.1. The van der Waals surface area contributed by atoms with Crippen LogP contribution in [0.15, 0.2) is 42.6 Å². The second-order valence-electron chi connectivity index (χ2n) is 5.14. The third-order valence-electron chi connectivity index (χ3n) is 3.53. The fraction of sp³-hybridized carbons (Fsp3) is 0.235. The Kier molecular flexibility index (Phi) is 3.45. The largest absolute Gasteiger partial charge is 0.377 e. The van der Waals surface area contributed by atoms with E-state index in [4.69, 9.17) is 0 Å². The maximum atomic E-state index is 4.49. The molecule has 2 nitrogen and oxygen atoms in total. The van der Waals surface area contributed by atoms with Crippen molar-refractivity contribution in [3.05, 3.63) is 57.9 Å². The Morgan fingerprint density at radius 2 is 1.95 bits per heavy atom. The van der Waals surface area contributed by atoms with E-state index in [2.05, 4.69) is 61.4 Å². The number of benzene rings is 1. The fourth-order valence-corrected chi connectivity index (χ4v) is 3.31. The van der Waals surface area contributed by atoms with Crippen molar-refractivity contribution in [2.45, 2.75) is 26.8 Å². The monoisotopic (exact) mass is 282 g/mol. The second kappa shape index (κ2) is 5.25. The molecule has 1 atom stereocenters. The van der Waals surface area contributed by atoms with Gasteiger partial charge in [0.1, 0.15) is 0 Å². The van der Waals surface area contributed by atoms with Crippen LogP contribution in [-0.4, -0.2) is 4.98 Å². The molecule has 0 aliphatic heterocycles. The minimum atomic E-state index is 0.305. The summed E-state index contributed by atoms with van der Waals surface area (Å²) in [5, 5.41) is 4.80. The lowest BCUT2D eigenvalue weighted by molar-refractivity contribution is 0.910. The Balaban J connectivity index is 1.97. The van der Waals surface area contributed by atoms with E-state index in [0.717, 1.165) is 11.2 Å². The Bertz CT molecular complexity index is 746. The van der Waals surface area contributed by atoms with Crippen LogP contribution in [0.2, 0.25) is 0 Å². The Morgan fingerprint density at radius 3 is 2.70 bits per heavy atom. The number of fused-ring (bicyclic) bond motifs is 1. The van der Waals surface area contributed by atoms with Crippen LogP contribution < -0.4 is 5.32 Å². The molecule has 0 bridgehead atoms. The number of nitrogens with one attached hydrogen (secondary N) is 1. The number of hydrogen-bond donors (Lipinski definition) is 1. The van der Waals surface area contributed by atoms with Crippen LogP contribution in [0, 0.1) is 13.8 Å². The van der Waals surface area contributed by atoms with E-state index in [-0.39, 0.29) is 0 Å². The van der Waals surface area contributed by atoms with Gasteiger partial charge in [0.25, 0.3) is 0 Å². The molecule has 1 aromatic carbocycles. The van der Waals surface area contributed by atoms with Crippen LogP contribution in [0.4, 0.5) is 5.69 Å². The summed E-state index contributed by atoms with van der Waals surface area (Å²) in [5.74, 6) is 0. The first-order valence-corrected chi connectivity index (χ1v) is 7.64. The molecule has 102 valence electrons. The lowest BCUT2D eigenvalue weighted by atomic mass is 10.1. The number of nitrogens with zero attached hydrogens (tertiary/aromatic N) is 1. The minimum absolute atomic E-state index is 0.305. The van der Waals surface area contributed by atoms with Crippen molar-refractivity contribution in [1.29, 1.82) is 0 Å². The van der Waals surface area contributed by atoms with Gasteiger partial charge in [-0.2, -0.15) is 0 Å². The van der Waals surface area contributed by atoms with E-state index < -0.39 is 0 Å². The molecule has 0 fully saturated rings. The topological polar surface area (TPSA) is 24.9 Å². The molecular weight excluding hydrogens is 264 g/mol.